The molecule has 1 atom stereocenters. The lowest BCUT2D eigenvalue weighted by Gasteiger charge is -2.28. The van der Waals surface area contributed by atoms with Crippen LogP contribution in [-0.2, 0) is 0 Å². The molecule has 3 N–H and O–H groups in total. The van der Waals surface area contributed by atoms with Crippen LogP contribution in [0.2, 0.25) is 0 Å². The van der Waals surface area contributed by atoms with Gasteiger partial charge in [-0.1, -0.05) is 71.2 Å². The molecule has 0 aromatic heterocycles. The van der Waals surface area contributed by atoms with Crippen LogP contribution in [0.5, 0.6) is 0 Å². The number of para-hydroxylation sites is 2. The summed E-state index contributed by atoms with van der Waals surface area (Å²) in [6.45, 7) is 0. The van der Waals surface area contributed by atoms with Crippen LogP contribution in [-0.4, -0.2) is 32.8 Å². The fraction of sp³-hybridized carbons (Fsp3) is 0.0833. The predicted octanol–water partition coefficient (Wildman–Crippen LogP) is 5.04. The molecule has 184 valence electrons. The molecule has 0 aliphatic carbocycles. The maximum absolute atomic E-state index is 14.0. The van der Waals surface area contributed by atoms with Crippen LogP contribution in [0.25, 0.3) is 0 Å². The molecule has 3 amide bonds. The first-order valence-corrected chi connectivity index (χ1v) is 11.9. The van der Waals surface area contributed by atoms with E-state index >= 15 is 0 Å². The zero-order chi connectivity index (χ0) is 26.0. The van der Waals surface area contributed by atoms with Gasteiger partial charge in [-0.25, -0.2) is 9.29 Å². The highest BCUT2D eigenvalue weighted by molar-refractivity contribution is 7.80. The Morgan fingerprint density at radius 1 is 0.861 bits per heavy atom. The third-order valence-corrected chi connectivity index (χ3v) is 6.06. The van der Waals surface area contributed by atoms with E-state index in [1.807, 2.05) is 0 Å². The average molecular weight is 566 g/mol. The number of nitrogens with zero attached hydrogens (tertiary/aromatic N) is 1. The van der Waals surface area contributed by atoms with E-state index in [2.05, 4.69) is 16.0 Å². The number of nitrogens with one attached hydrogen (secondary N) is 3. The van der Waals surface area contributed by atoms with Crippen LogP contribution >= 0.6 is 47.0 Å². The highest BCUT2D eigenvalue weighted by Gasteiger charge is 2.38. The number of halogens is 4. The second-order valence-corrected chi connectivity index (χ2v) is 10.3. The number of hydrogen-bond acceptors (Lipinski definition) is 4. The molecule has 3 aromatic carbocycles. The molecule has 0 saturated carbocycles. The smallest absolute Gasteiger partial charge is 0.266 e. The first-order valence-electron chi connectivity index (χ1n) is 10.3. The first kappa shape index (κ1) is 25.8. The molecule has 4 rings (SSSR count). The number of fused-ring (bicyclic) bond motifs is 1. The van der Waals surface area contributed by atoms with Gasteiger partial charge in [-0.3, -0.25) is 14.4 Å². The molecule has 0 radical (unpaired) electrons. The lowest BCUT2D eigenvalue weighted by atomic mass is 10.1. The van der Waals surface area contributed by atoms with Gasteiger partial charge in [0.05, 0.1) is 28.1 Å². The number of thiocarbonyl (C=S) groups is 1. The van der Waals surface area contributed by atoms with Crippen molar-refractivity contribution in [1.82, 2.24) is 10.6 Å². The molecular weight excluding hydrogens is 550 g/mol. The summed E-state index contributed by atoms with van der Waals surface area (Å²) in [5.74, 6) is -2.57. The lowest BCUT2D eigenvalue weighted by Crippen LogP contribution is -2.56. The molecule has 0 fully saturated rings. The van der Waals surface area contributed by atoms with E-state index in [9.17, 15) is 18.8 Å². The van der Waals surface area contributed by atoms with Gasteiger partial charge in [-0.2, -0.15) is 0 Å². The van der Waals surface area contributed by atoms with E-state index in [4.69, 9.17) is 47.0 Å². The Kier molecular flexibility index (Phi) is 7.46. The Morgan fingerprint density at radius 3 is 2.03 bits per heavy atom. The molecular formula is C24H16Cl3FN4O3S. The van der Waals surface area contributed by atoms with E-state index in [0.29, 0.717) is 5.69 Å². The van der Waals surface area contributed by atoms with E-state index in [1.54, 1.807) is 48.5 Å². The van der Waals surface area contributed by atoms with Crippen molar-refractivity contribution in [1.29, 1.82) is 0 Å². The zero-order valence-electron chi connectivity index (χ0n) is 18.1. The molecule has 1 heterocycles. The standard InChI is InChI=1S/C24H16Cl3FN4O3S/c25-24(26,27)22(30-19(33)15-9-3-4-10-16(15)28)31-23(36)29-17-11-5-6-12-18(17)32-20(34)13-7-1-2-8-14(13)21(32)35/h1-12,22H,(H,30,33)(H2,29,31,36). The number of benzene rings is 3. The molecule has 1 unspecified atom stereocenters. The Labute approximate surface area is 225 Å². The van der Waals surface area contributed by atoms with Crippen LogP contribution in [0.3, 0.4) is 0 Å². The largest absolute Gasteiger partial charge is 0.339 e. The minimum Gasteiger partial charge on any atom is -0.339 e. The Hall–Kier alpha value is -3.24. The topological polar surface area (TPSA) is 90.5 Å². The van der Waals surface area contributed by atoms with Gasteiger partial charge in [0.25, 0.3) is 17.7 Å². The molecule has 0 spiro atoms. The number of rotatable bonds is 5. The third-order valence-electron chi connectivity index (χ3n) is 5.18. The molecule has 3 aromatic rings. The van der Waals surface area contributed by atoms with E-state index < -0.39 is 33.5 Å². The normalized spacial score (nSPS) is 13.7. The second-order valence-electron chi connectivity index (χ2n) is 7.53. The maximum Gasteiger partial charge on any atom is 0.266 e. The average Bonchev–Trinajstić information content (AvgIpc) is 3.09. The number of amides is 3. The monoisotopic (exact) mass is 564 g/mol. The number of imide groups is 1. The van der Waals surface area contributed by atoms with Crippen molar-refractivity contribution in [3.05, 3.63) is 95.3 Å². The van der Waals surface area contributed by atoms with Gasteiger partial charge in [-0.15, -0.1) is 0 Å². The summed E-state index contributed by atoms with van der Waals surface area (Å²) in [5.41, 5.74) is 0.852. The fourth-order valence-corrected chi connectivity index (χ4v) is 4.08. The summed E-state index contributed by atoms with van der Waals surface area (Å²) in [5, 5.41) is 7.81. The van der Waals surface area contributed by atoms with Gasteiger partial charge in [0, 0.05) is 0 Å². The van der Waals surface area contributed by atoms with Gasteiger partial charge in [0.1, 0.15) is 12.0 Å². The van der Waals surface area contributed by atoms with Crippen molar-refractivity contribution < 1.29 is 18.8 Å². The van der Waals surface area contributed by atoms with Crippen LogP contribution in [0.4, 0.5) is 15.8 Å². The summed E-state index contributed by atoms with van der Waals surface area (Å²) in [6.07, 6.45) is -1.37. The molecule has 0 bridgehead atoms. The number of hydrogen-bond donors (Lipinski definition) is 3. The van der Waals surface area contributed by atoms with Crippen molar-refractivity contribution in [2.75, 3.05) is 10.2 Å². The summed E-state index contributed by atoms with van der Waals surface area (Å²) in [7, 11) is 0. The highest BCUT2D eigenvalue weighted by Crippen LogP contribution is 2.34. The lowest BCUT2D eigenvalue weighted by molar-refractivity contribution is 0.0916. The maximum atomic E-state index is 14.0. The molecule has 7 nitrogen and oxygen atoms in total. The number of carbonyl (C=O) groups excluding carboxylic acids is 3. The number of anilines is 2. The van der Waals surface area contributed by atoms with E-state index in [1.165, 1.54) is 18.2 Å². The molecule has 36 heavy (non-hydrogen) atoms. The summed E-state index contributed by atoms with van der Waals surface area (Å²) in [4.78, 5) is 39.5. The van der Waals surface area contributed by atoms with Crippen molar-refractivity contribution in [2.45, 2.75) is 9.96 Å². The van der Waals surface area contributed by atoms with Crippen LogP contribution in [0.1, 0.15) is 31.1 Å². The fourth-order valence-electron chi connectivity index (χ4n) is 3.53. The zero-order valence-corrected chi connectivity index (χ0v) is 21.2. The first-order chi connectivity index (χ1) is 17.1. The molecule has 1 aliphatic rings. The van der Waals surface area contributed by atoms with Crippen molar-refractivity contribution in [2.24, 2.45) is 0 Å². The second kappa shape index (κ2) is 10.4. The Morgan fingerprint density at radius 2 is 1.42 bits per heavy atom. The van der Waals surface area contributed by atoms with Gasteiger partial charge in [0.2, 0.25) is 3.79 Å². The van der Waals surface area contributed by atoms with Crippen molar-refractivity contribution >= 4 is 81.2 Å². The highest BCUT2D eigenvalue weighted by atomic mass is 35.6. The van der Waals surface area contributed by atoms with Gasteiger partial charge >= 0.3 is 0 Å². The summed E-state index contributed by atoms with van der Waals surface area (Å²) in [6, 6.07) is 18.3. The quantitative estimate of drug-likeness (QED) is 0.174. The minimum absolute atomic E-state index is 0.107. The molecule has 1 aliphatic heterocycles. The SMILES string of the molecule is O=C(NC(NC(=S)Nc1ccccc1N1C(=O)c2ccccc2C1=O)C(Cl)(Cl)Cl)c1ccccc1F. The van der Waals surface area contributed by atoms with Crippen LogP contribution in [0.15, 0.2) is 72.8 Å². The van der Waals surface area contributed by atoms with Crippen LogP contribution in [0, 0.1) is 5.82 Å². The minimum atomic E-state index is -2.09. The Bertz CT molecular complexity index is 1350. The molecule has 0 saturated heterocycles. The van der Waals surface area contributed by atoms with E-state index in [-0.39, 0.29) is 27.5 Å². The summed E-state index contributed by atoms with van der Waals surface area (Å²) >= 11 is 23.4. The summed E-state index contributed by atoms with van der Waals surface area (Å²) < 4.78 is 11.9. The van der Waals surface area contributed by atoms with Gasteiger partial charge in [-0.05, 0) is 48.6 Å². The Balaban J connectivity index is 1.53. The van der Waals surface area contributed by atoms with Gasteiger partial charge < -0.3 is 16.0 Å². The third kappa shape index (κ3) is 5.29. The molecule has 12 heteroatoms. The van der Waals surface area contributed by atoms with Crippen molar-refractivity contribution in [3.8, 4) is 0 Å². The van der Waals surface area contributed by atoms with Crippen molar-refractivity contribution in [3.63, 3.8) is 0 Å². The van der Waals surface area contributed by atoms with E-state index in [0.717, 1.165) is 11.0 Å². The number of carbonyl (C=O) groups is 3. The van der Waals surface area contributed by atoms with Crippen LogP contribution < -0.4 is 20.9 Å². The van der Waals surface area contributed by atoms with Gasteiger partial charge in [0.15, 0.2) is 5.11 Å². The predicted molar refractivity (Wildman–Crippen MR) is 141 cm³/mol. The number of alkyl halides is 3.